The summed E-state index contributed by atoms with van der Waals surface area (Å²) in [7, 11) is -2.23. The van der Waals surface area contributed by atoms with Crippen LogP contribution in [0.1, 0.15) is 5.56 Å². The Hall–Kier alpha value is -1.16. The molecular formula is C11H10BrClN4O2S2. The molecule has 10 heteroatoms. The molecule has 0 aliphatic carbocycles. The van der Waals surface area contributed by atoms with Crippen LogP contribution < -0.4 is 10.5 Å². The van der Waals surface area contributed by atoms with Crippen LogP contribution in [-0.2, 0) is 17.1 Å². The van der Waals surface area contributed by atoms with E-state index in [1.807, 2.05) is 0 Å². The van der Waals surface area contributed by atoms with E-state index in [9.17, 15) is 8.42 Å². The molecule has 112 valence electrons. The highest BCUT2D eigenvalue weighted by Crippen LogP contribution is 2.27. The number of halogens is 2. The van der Waals surface area contributed by atoms with Crippen molar-refractivity contribution in [2.24, 2.45) is 12.8 Å². The molecule has 0 aliphatic heterocycles. The maximum Gasteiger partial charge on any atom is 0.263 e. The zero-order chi connectivity index (χ0) is 15.8. The van der Waals surface area contributed by atoms with Crippen LogP contribution in [0.4, 0.5) is 5.82 Å². The Morgan fingerprint density at radius 1 is 1.52 bits per heavy atom. The number of nitrogens with two attached hydrogens (primary N) is 1. The Bertz CT molecular complexity index is 820. The average molecular weight is 410 g/mol. The summed E-state index contributed by atoms with van der Waals surface area (Å²) in [6, 6.07) is 4.28. The van der Waals surface area contributed by atoms with E-state index in [1.54, 1.807) is 7.05 Å². The molecule has 0 bridgehead atoms. The number of nitrogens with zero attached hydrogens (tertiary/aromatic N) is 2. The second kappa shape index (κ2) is 5.91. The summed E-state index contributed by atoms with van der Waals surface area (Å²) in [4.78, 5) is 0.104. The number of hydrogen-bond donors (Lipinski definition) is 2. The van der Waals surface area contributed by atoms with E-state index in [0.29, 0.717) is 15.1 Å². The fourth-order valence-electron chi connectivity index (χ4n) is 1.57. The summed E-state index contributed by atoms with van der Waals surface area (Å²) in [5, 5.41) is 4.35. The van der Waals surface area contributed by atoms with E-state index in [-0.39, 0.29) is 15.7 Å². The van der Waals surface area contributed by atoms with E-state index in [0.717, 1.165) is 0 Å². The molecule has 6 nitrogen and oxygen atoms in total. The maximum absolute atomic E-state index is 12.4. The first-order chi connectivity index (χ1) is 9.72. The van der Waals surface area contributed by atoms with E-state index >= 15 is 0 Å². The van der Waals surface area contributed by atoms with Crippen molar-refractivity contribution in [2.75, 3.05) is 4.72 Å². The van der Waals surface area contributed by atoms with Crippen molar-refractivity contribution in [2.45, 2.75) is 4.90 Å². The van der Waals surface area contributed by atoms with Crippen molar-refractivity contribution in [3.05, 3.63) is 39.5 Å². The molecule has 0 radical (unpaired) electrons. The molecule has 1 aromatic carbocycles. The minimum Gasteiger partial charge on any atom is -0.389 e. The molecule has 1 aromatic heterocycles. The third-order valence-electron chi connectivity index (χ3n) is 2.64. The summed E-state index contributed by atoms with van der Waals surface area (Å²) in [5.74, 6) is 0.202. The van der Waals surface area contributed by atoms with Crippen molar-refractivity contribution in [3.63, 3.8) is 0 Å². The van der Waals surface area contributed by atoms with Crippen molar-refractivity contribution in [1.29, 1.82) is 0 Å². The second-order valence-electron chi connectivity index (χ2n) is 4.08. The number of aromatic nitrogens is 2. The Morgan fingerprint density at radius 3 is 2.76 bits per heavy atom. The topological polar surface area (TPSA) is 90.0 Å². The summed E-state index contributed by atoms with van der Waals surface area (Å²) in [6.07, 6.45) is 1.40. The number of rotatable bonds is 4. The maximum atomic E-state index is 12.4. The van der Waals surface area contributed by atoms with Gasteiger partial charge in [-0.25, -0.2) is 8.42 Å². The van der Waals surface area contributed by atoms with Gasteiger partial charge in [0.2, 0.25) is 0 Å². The fourth-order valence-corrected chi connectivity index (χ4v) is 3.50. The van der Waals surface area contributed by atoms with Crippen LogP contribution in [-0.4, -0.2) is 23.2 Å². The molecule has 0 saturated carbocycles. The average Bonchev–Trinajstić information content (AvgIpc) is 2.74. The van der Waals surface area contributed by atoms with Gasteiger partial charge >= 0.3 is 0 Å². The number of aryl methyl sites for hydroxylation is 1. The van der Waals surface area contributed by atoms with Crippen molar-refractivity contribution >= 4 is 60.6 Å². The van der Waals surface area contributed by atoms with Crippen LogP contribution in [0, 0.1) is 0 Å². The van der Waals surface area contributed by atoms with Crippen LogP contribution in [0.2, 0.25) is 5.02 Å². The van der Waals surface area contributed by atoms with Gasteiger partial charge in [0.1, 0.15) is 10.8 Å². The quantitative estimate of drug-likeness (QED) is 0.756. The SMILES string of the molecule is Cn1ncc(C(N)=S)c1NS(=O)(=O)c1ccc(Cl)c(Br)c1. The molecular weight excluding hydrogens is 400 g/mol. The molecule has 3 N–H and O–H groups in total. The van der Waals surface area contributed by atoms with Crippen molar-refractivity contribution in [1.82, 2.24) is 9.78 Å². The lowest BCUT2D eigenvalue weighted by Crippen LogP contribution is -2.19. The molecule has 0 saturated heterocycles. The Kier molecular flexibility index (Phi) is 4.57. The lowest BCUT2D eigenvalue weighted by molar-refractivity contribution is 0.600. The van der Waals surface area contributed by atoms with Crippen LogP contribution in [0.3, 0.4) is 0 Å². The molecule has 0 amide bonds. The van der Waals surface area contributed by atoms with Gasteiger partial charge in [-0.15, -0.1) is 0 Å². The van der Waals surface area contributed by atoms with Crippen molar-refractivity contribution in [3.8, 4) is 0 Å². The first kappa shape index (κ1) is 16.2. The lowest BCUT2D eigenvalue weighted by atomic mass is 10.3. The van der Waals surface area contributed by atoms with Gasteiger partial charge in [0.05, 0.1) is 21.7 Å². The first-order valence-corrected chi connectivity index (χ1v) is 8.58. The molecule has 0 spiro atoms. The summed E-state index contributed by atoms with van der Waals surface area (Å²) >= 11 is 13.9. The number of anilines is 1. The molecule has 2 rings (SSSR count). The second-order valence-corrected chi connectivity index (χ2v) is 7.46. The van der Waals surface area contributed by atoms with Gasteiger partial charge in [-0.1, -0.05) is 23.8 Å². The van der Waals surface area contributed by atoms with Crippen LogP contribution in [0.15, 0.2) is 33.8 Å². The standard InChI is InChI=1S/C11H10BrClN4O2S2/c1-17-11(7(5-15-17)10(14)20)16-21(18,19)6-2-3-9(13)8(12)4-6/h2-5,16H,1H3,(H2,14,20). The summed E-state index contributed by atoms with van der Waals surface area (Å²) in [5.41, 5.74) is 5.90. The minimum absolute atomic E-state index is 0.0499. The Labute approximate surface area is 140 Å². The molecule has 0 unspecified atom stereocenters. The van der Waals surface area contributed by atoms with Gasteiger partial charge in [-0.05, 0) is 34.1 Å². The molecule has 0 atom stereocenters. The number of thiocarbonyl (C=S) groups is 1. The highest BCUT2D eigenvalue weighted by atomic mass is 79.9. The van der Waals surface area contributed by atoms with Gasteiger partial charge in [0.25, 0.3) is 10.0 Å². The normalized spacial score (nSPS) is 11.4. The highest BCUT2D eigenvalue weighted by molar-refractivity contribution is 9.10. The van der Waals surface area contributed by atoms with E-state index in [1.165, 1.54) is 29.1 Å². The van der Waals surface area contributed by atoms with E-state index in [4.69, 9.17) is 29.6 Å². The number of benzene rings is 1. The largest absolute Gasteiger partial charge is 0.389 e. The zero-order valence-electron chi connectivity index (χ0n) is 10.7. The van der Waals surface area contributed by atoms with E-state index in [2.05, 4.69) is 25.8 Å². The molecule has 2 aromatic rings. The van der Waals surface area contributed by atoms with E-state index < -0.39 is 10.0 Å². The smallest absolute Gasteiger partial charge is 0.263 e. The minimum atomic E-state index is -3.82. The zero-order valence-corrected chi connectivity index (χ0v) is 14.6. The molecule has 0 fully saturated rings. The number of nitrogens with one attached hydrogen (secondary N) is 1. The third-order valence-corrected chi connectivity index (χ3v) is 5.41. The Balaban J connectivity index is 2.44. The van der Waals surface area contributed by atoms with Gasteiger partial charge < -0.3 is 5.73 Å². The fraction of sp³-hybridized carbons (Fsp3) is 0.0909. The van der Waals surface area contributed by atoms with Crippen LogP contribution >= 0.6 is 39.7 Å². The monoisotopic (exact) mass is 408 g/mol. The van der Waals surface area contributed by atoms with Crippen LogP contribution in [0.5, 0.6) is 0 Å². The van der Waals surface area contributed by atoms with Gasteiger partial charge in [0.15, 0.2) is 0 Å². The number of hydrogen-bond acceptors (Lipinski definition) is 4. The molecule has 21 heavy (non-hydrogen) atoms. The van der Waals surface area contributed by atoms with Crippen molar-refractivity contribution < 1.29 is 8.42 Å². The first-order valence-electron chi connectivity index (χ1n) is 5.52. The van der Waals surface area contributed by atoms with Gasteiger partial charge in [0, 0.05) is 11.5 Å². The van der Waals surface area contributed by atoms with Gasteiger partial charge in [-0.2, -0.15) is 5.10 Å². The predicted molar refractivity (Wildman–Crippen MR) is 89.1 cm³/mol. The molecule has 0 aliphatic rings. The Morgan fingerprint density at radius 2 is 2.19 bits per heavy atom. The molecule has 1 heterocycles. The van der Waals surface area contributed by atoms with Crippen LogP contribution in [0.25, 0.3) is 0 Å². The summed E-state index contributed by atoms with van der Waals surface area (Å²) < 4.78 is 29.0. The lowest BCUT2D eigenvalue weighted by Gasteiger charge is -2.10. The summed E-state index contributed by atoms with van der Waals surface area (Å²) in [6.45, 7) is 0. The number of sulfonamides is 1. The third kappa shape index (κ3) is 3.37. The van der Waals surface area contributed by atoms with Gasteiger partial charge in [-0.3, -0.25) is 9.40 Å². The highest BCUT2D eigenvalue weighted by Gasteiger charge is 2.20. The predicted octanol–water partition coefficient (Wildman–Crippen LogP) is 2.27.